The lowest BCUT2D eigenvalue weighted by Crippen LogP contribution is -2.11. The molecule has 1 aromatic rings. The highest BCUT2D eigenvalue weighted by Gasteiger charge is 2.08. The second kappa shape index (κ2) is 4.94. The third kappa shape index (κ3) is 3.06. The van der Waals surface area contributed by atoms with Crippen LogP contribution in [0.25, 0.3) is 0 Å². The molecule has 0 saturated heterocycles. The van der Waals surface area contributed by atoms with Crippen LogP contribution in [0.1, 0.15) is 24.0 Å². The molecule has 2 N–H and O–H groups in total. The highest BCUT2D eigenvalue weighted by Crippen LogP contribution is 2.22. The topological polar surface area (TPSA) is 46.3 Å². The van der Waals surface area contributed by atoms with E-state index in [1.807, 2.05) is 39.2 Å². The first-order chi connectivity index (χ1) is 7.04. The number of hydrogen-bond acceptors (Lipinski definition) is 3. The highest BCUT2D eigenvalue weighted by atomic mass is 16.1. The summed E-state index contributed by atoms with van der Waals surface area (Å²) in [6, 6.07) is 5.90. The summed E-state index contributed by atoms with van der Waals surface area (Å²) in [6.07, 6.45) is 0.914. The molecular formula is C12H18N2O. The minimum Gasteiger partial charge on any atom is -0.398 e. The molecule has 0 heterocycles. The van der Waals surface area contributed by atoms with Crippen LogP contribution in [0, 0.1) is 0 Å². The van der Waals surface area contributed by atoms with E-state index in [0.29, 0.717) is 5.69 Å². The van der Waals surface area contributed by atoms with E-state index in [2.05, 4.69) is 4.90 Å². The van der Waals surface area contributed by atoms with E-state index < -0.39 is 0 Å². The summed E-state index contributed by atoms with van der Waals surface area (Å²) in [4.78, 5) is 12.7. The minimum atomic E-state index is -0.126. The monoisotopic (exact) mass is 206 g/mol. The second-order valence-corrected chi connectivity index (χ2v) is 4.13. The molecule has 0 fully saturated rings. The van der Waals surface area contributed by atoms with Crippen molar-refractivity contribution in [1.82, 2.24) is 4.90 Å². The van der Waals surface area contributed by atoms with Crippen molar-refractivity contribution >= 4 is 12.0 Å². The Morgan fingerprint density at radius 1 is 1.47 bits per heavy atom. The molecule has 0 radical (unpaired) electrons. The maximum Gasteiger partial charge on any atom is 0.127 e. The first-order valence-electron chi connectivity index (χ1n) is 5.03. The van der Waals surface area contributed by atoms with Gasteiger partial charge in [0.15, 0.2) is 0 Å². The van der Waals surface area contributed by atoms with Crippen molar-refractivity contribution in [3.8, 4) is 0 Å². The van der Waals surface area contributed by atoms with Gasteiger partial charge in [-0.2, -0.15) is 0 Å². The third-order valence-corrected chi connectivity index (χ3v) is 2.34. The van der Waals surface area contributed by atoms with E-state index in [0.717, 1.165) is 18.4 Å². The number of anilines is 1. The summed E-state index contributed by atoms with van der Waals surface area (Å²) in [5.74, 6) is -0.126. The zero-order valence-corrected chi connectivity index (χ0v) is 9.53. The van der Waals surface area contributed by atoms with Gasteiger partial charge in [0.1, 0.15) is 6.29 Å². The molecule has 0 spiro atoms. The molecular weight excluding hydrogens is 188 g/mol. The van der Waals surface area contributed by atoms with Crippen molar-refractivity contribution in [3.05, 3.63) is 29.3 Å². The van der Waals surface area contributed by atoms with Gasteiger partial charge in [-0.05, 0) is 31.3 Å². The van der Waals surface area contributed by atoms with Crippen molar-refractivity contribution in [1.29, 1.82) is 0 Å². The number of rotatable bonds is 4. The molecule has 82 valence electrons. The first-order valence-corrected chi connectivity index (χ1v) is 5.03. The Morgan fingerprint density at radius 3 is 2.60 bits per heavy atom. The molecule has 0 aromatic heterocycles. The van der Waals surface area contributed by atoms with Crippen LogP contribution < -0.4 is 5.73 Å². The molecule has 0 saturated carbocycles. The Labute approximate surface area is 90.9 Å². The van der Waals surface area contributed by atoms with Crippen LogP contribution in [0.2, 0.25) is 0 Å². The molecule has 1 atom stereocenters. The van der Waals surface area contributed by atoms with Gasteiger partial charge < -0.3 is 15.4 Å². The fraction of sp³-hybridized carbons (Fsp3) is 0.417. The van der Waals surface area contributed by atoms with Crippen molar-refractivity contribution in [3.63, 3.8) is 0 Å². The summed E-state index contributed by atoms with van der Waals surface area (Å²) >= 11 is 0. The first kappa shape index (κ1) is 11.7. The van der Waals surface area contributed by atoms with Crippen LogP contribution in [0.15, 0.2) is 18.2 Å². The number of hydrogen-bond donors (Lipinski definition) is 1. The Morgan fingerprint density at radius 2 is 2.13 bits per heavy atom. The quantitative estimate of drug-likeness (QED) is 0.601. The standard InChI is InChI=1S/C12H18N2O/c1-9(8-15)11-5-4-10(6-12(11)13)7-14(2)3/h4-6,8-9H,7,13H2,1-3H3. The van der Waals surface area contributed by atoms with Crippen LogP contribution in [0.5, 0.6) is 0 Å². The van der Waals surface area contributed by atoms with Gasteiger partial charge in [-0.15, -0.1) is 0 Å². The Balaban J connectivity index is 2.92. The van der Waals surface area contributed by atoms with Crippen LogP contribution in [-0.4, -0.2) is 25.3 Å². The molecule has 0 bridgehead atoms. The summed E-state index contributed by atoms with van der Waals surface area (Å²) in [7, 11) is 4.02. The largest absolute Gasteiger partial charge is 0.398 e. The van der Waals surface area contributed by atoms with E-state index in [9.17, 15) is 4.79 Å². The number of carbonyl (C=O) groups is 1. The number of carbonyl (C=O) groups excluding carboxylic acids is 1. The van der Waals surface area contributed by atoms with E-state index >= 15 is 0 Å². The Bertz CT molecular complexity index is 347. The lowest BCUT2D eigenvalue weighted by atomic mass is 9.99. The normalized spacial score (nSPS) is 12.8. The maximum absolute atomic E-state index is 10.7. The summed E-state index contributed by atoms with van der Waals surface area (Å²) in [6.45, 7) is 2.71. The highest BCUT2D eigenvalue weighted by molar-refractivity contribution is 5.67. The fourth-order valence-corrected chi connectivity index (χ4v) is 1.58. The number of nitrogens with two attached hydrogens (primary N) is 1. The van der Waals surface area contributed by atoms with Gasteiger partial charge in [0.25, 0.3) is 0 Å². The van der Waals surface area contributed by atoms with Crippen molar-refractivity contribution in [2.75, 3.05) is 19.8 Å². The molecule has 0 aliphatic heterocycles. The lowest BCUT2D eigenvalue weighted by molar-refractivity contribution is -0.108. The maximum atomic E-state index is 10.7. The molecule has 1 unspecified atom stereocenters. The Hall–Kier alpha value is -1.35. The fourth-order valence-electron chi connectivity index (χ4n) is 1.58. The molecule has 0 aliphatic rings. The van der Waals surface area contributed by atoms with Gasteiger partial charge in [-0.25, -0.2) is 0 Å². The van der Waals surface area contributed by atoms with E-state index in [-0.39, 0.29) is 5.92 Å². The van der Waals surface area contributed by atoms with Crippen molar-refractivity contribution in [2.24, 2.45) is 0 Å². The SMILES string of the molecule is CC(C=O)c1ccc(CN(C)C)cc1N. The van der Waals surface area contributed by atoms with Crippen LogP contribution in [-0.2, 0) is 11.3 Å². The van der Waals surface area contributed by atoms with E-state index in [4.69, 9.17) is 5.73 Å². The molecule has 1 rings (SSSR count). The molecule has 0 amide bonds. The van der Waals surface area contributed by atoms with Gasteiger partial charge in [0.2, 0.25) is 0 Å². The van der Waals surface area contributed by atoms with Gasteiger partial charge in [0.05, 0.1) is 0 Å². The number of aldehydes is 1. The van der Waals surface area contributed by atoms with E-state index in [1.54, 1.807) is 0 Å². The van der Waals surface area contributed by atoms with Crippen LogP contribution >= 0.6 is 0 Å². The average molecular weight is 206 g/mol. The Kier molecular flexibility index (Phi) is 3.86. The van der Waals surface area contributed by atoms with Crippen molar-refractivity contribution in [2.45, 2.75) is 19.4 Å². The number of benzene rings is 1. The van der Waals surface area contributed by atoms with Gasteiger partial charge in [-0.3, -0.25) is 0 Å². The number of nitrogen functional groups attached to an aromatic ring is 1. The van der Waals surface area contributed by atoms with Crippen molar-refractivity contribution < 1.29 is 4.79 Å². The van der Waals surface area contributed by atoms with Crippen LogP contribution in [0.3, 0.4) is 0 Å². The molecule has 1 aromatic carbocycles. The predicted molar refractivity (Wildman–Crippen MR) is 62.7 cm³/mol. The summed E-state index contributed by atoms with van der Waals surface area (Å²) in [5.41, 5.74) is 8.67. The minimum absolute atomic E-state index is 0.126. The molecule has 0 aliphatic carbocycles. The van der Waals surface area contributed by atoms with Gasteiger partial charge in [0, 0.05) is 18.2 Å². The predicted octanol–water partition coefficient (Wildman–Crippen LogP) is 1.63. The molecule has 3 nitrogen and oxygen atoms in total. The summed E-state index contributed by atoms with van der Waals surface area (Å²) < 4.78 is 0. The number of nitrogens with zero attached hydrogens (tertiary/aromatic N) is 1. The van der Waals surface area contributed by atoms with Gasteiger partial charge >= 0.3 is 0 Å². The van der Waals surface area contributed by atoms with Crippen LogP contribution in [0.4, 0.5) is 5.69 Å². The van der Waals surface area contributed by atoms with E-state index in [1.165, 1.54) is 5.56 Å². The summed E-state index contributed by atoms with van der Waals surface area (Å²) in [5, 5.41) is 0. The zero-order chi connectivity index (χ0) is 11.4. The lowest BCUT2D eigenvalue weighted by Gasteiger charge is -2.13. The smallest absolute Gasteiger partial charge is 0.127 e. The third-order valence-electron chi connectivity index (χ3n) is 2.34. The average Bonchev–Trinajstić information content (AvgIpc) is 2.16. The second-order valence-electron chi connectivity index (χ2n) is 4.13. The zero-order valence-electron chi connectivity index (χ0n) is 9.53. The molecule has 3 heteroatoms. The van der Waals surface area contributed by atoms with Gasteiger partial charge in [-0.1, -0.05) is 19.1 Å². The molecule has 15 heavy (non-hydrogen) atoms.